The van der Waals surface area contributed by atoms with Crippen molar-refractivity contribution < 1.29 is 22.4 Å². The molecule has 0 saturated heterocycles. The lowest BCUT2D eigenvalue weighted by molar-refractivity contribution is -0.174. The minimum Gasteiger partial charge on any atom is -0.467 e. The molecule has 1 aliphatic rings. The maximum atomic E-state index is 13.7. The van der Waals surface area contributed by atoms with Crippen LogP contribution in [0.4, 0.5) is 19.0 Å². The molecule has 0 spiro atoms. The molecular formula is C20H27F3N4O2. The van der Waals surface area contributed by atoms with Crippen LogP contribution >= 0.6 is 0 Å². The van der Waals surface area contributed by atoms with Gasteiger partial charge in [0.25, 0.3) is 5.91 Å². The first kappa shape index (κ1) is 21.3. The number of carbonyl (C=O) groups is 1. The van der Waals surface area contributed by atoms with E-state index in [9.17, 15) is 18.0 Å². The number of rotatable bonds is 4. The molecule has 0 fully saturated rings. The number of nitrogens with zero attached hydrogens (tertiary/aromatic N) is 2. The van der Waals surface area contributed by atoms with E-state index in [1.165, 1.54) is 12.5 Å². The third-order valence-corrected chi connectivity index (χ3v) is 4.79. The van der Waals surface area contributed by atoms with E-state index in [1.807, 2.05) is 13.8 Å². The summed E-state index contributed by atoms with van der Waals surface area (Å²) in [5.41, 5.74) is -0.487. The maximum Gasteiger partial charge on any atom is 0.410 e. The fourth-order valence-corrected chi connectivity index (χ4v) is 4.15. The van der Waals surface area contributed by atoms with Crippen molar-refractivity contribution in [2.45, 2.75) is 71.3 Å². The molecule has 0 aromatic carbocycles. The van der Waals surface area contributed by atoms with Gasteiger partial charge in [0.1, 0.15) is 17.1 Å². The molecule has 2 N–H and O–H groups in total. The van der Waals surface area contributed by atoms with Gasteiger partial charge in [-0.2, -0.15) is 18.3 Å². The summed E-state index contributed by atoms with van der Waals surface area (Å²) in [6.07, 6.45) is -1.49. The summed E-state index contributed by atoms with van der Waals surface area (Å²) in [7, 11) is 0. The summed E-state index contributed by atoms with van der Waals surface area (Å²) < 4.78 is 47.2. The second kappa shape index (κ2) is 7.11. The summed E-state index contributed by atoms with van der Waals surface area (Å²) in [4.78, 5) is 12.9. The Morgan fingerprint density at radius 1 is 1.31 bits per heavy atom. The molecule has 3 heterocycles. The zero-order chi connectivity index (χ0) is 21.6. The van der Waals surface area contributed by atoms with E-state index >= 15 is 0 Å². The third kappa shape index (κ3) is 4.76. The Kier molecular flexibility index (Phi) is 5.21. The Bertz CT molecular complexity index is 863. The maximum absolute atomic E-state index is 13.7. The number of hydrogen-bond donors (Lipinski definition) is 2. The van der Waals surface area contributed by atoms with E-state index < -0.39 is 29.7 Å². The highest BCUT2D eigenvalue weighted by Gasteiger charge is 2.48. The SMILES string of the molecule is CC(C)(C)CC(C)(C)NC(=O)c1cnn2c1NC(c1ccco1)CC2C(F)(F)F. The minimum atomic E-state index is -4.51. The van der Waals surface area contributed by atoms with Gasteiger partial charge in [0.15, 0.2) is 6.04 Å². The van der Waals surface area contributed by atoms with Crippen LogP contribution in [-0.2, 0) is 0 Å². The van der Waals surface area contributed by atoms with Crippen molar-refractivity contribution in [1.29, 1.82) is 0 Å². The summed E-state index contributed by atoms with van der Waals surface area (Å²) >= 11 is 0. The van der Waals surface area contributed by atoms with E-state index in [4.69, 9.17) is 4.42 Å². The molecule has 9 heteroatoms. The van der Waals surface area contributed by atoms with Gasteiger partial charge in [-0.25, -0.2) is 4.68 Å². The van der Waals surface area contributed by atoms with Crippen molar-refractivity contribution in [2.75, 3.05) is 5.32 Å². The van der Waals surface area contributed by atoms with Crippen LogP contribution in [0.15, 0.2) is 29.0 Å². The molecule has 0 aliphatic carbocycles. The molecule has 6 nitrogen and oxygen atoms in total. The van der Waals surface area contributed by atoms with Gasteiger partial charge in [0.2, 0.25) is 0 Å². The Labute approximate surface area is 167 Å². The van der Waals surface area contributed by atoms with Gasteiger partial charge in [-0.1, -0.05) is 20.8 Å². The molecule has 0 radical (unpaired) electrons. The standard InChI is InChI=1S/C20H27F3N4O2/c1-18(2,3)11-19(4,5)26-17(28)12-10-24-27-15(20(21,22)23)9-13(25-16(12)27)14-7-6-8-29-14/h6-8,10,13,15,25H,9,11H2,1-5H3,(H,26,28). The molecule has 0 bridgehead atoms. The van der Waals surface area contributed by atoms with Crippen molar-refractivity contribution in [3.8, 4) is 0 Å². The Balaban J connectivity index is 1.92. The lowest BCUT2D eigenvalue weighted by atomic mass is 9.81. The van der Waals surface area contributed by atoms with Gasteiger partial charge in [-0.05, 0) is 37.8 Å². The van der Waals surface area contributed by atoms with E-state index in [0.29, 0.717) is 12.2 Å². The van der Waals surface area contributed by atoms with Crippen molar-refractivity contribution >= 4 is 11.7 Å². The van der Waals surface area contributed by atoms with Crippen LogP contribution in [-0.4, -0.2) is 27.4 Å². The number of furan rings is 1. The first-order valence-corrected chi connectivity index (χ1v) is 9.53. The quantitative estimate of drug-likeness (QED) is 0.735. The molecule has 160 valence electrons. The van der Waals surface area contributed by atoms with Gasteiger partial charge < -0.3 is 15.1 Å². The molecule has 1 amide bonds. The zero-order valence-corrected chi connectivity index (χ0v) is 17.2. The van der Waals surface area contributed by atoms with Crippen molar-refractivity contribution in [3.63, 3.8) is 0 Å². The Morgan fingerprint density at radius 3 is 2.55 bits per heavy atom. The average molecular weight is 412 g/mol. The van der Waals surface area contributed by atoms with Crippen molar-refractivity contribution in [2.24, 2.45) is 5.41 Å². The van der Waals surface area contributed by atoms with Gasteiger partial charge in [0, 0.05) is 12.0 Å². The second-order valence-corrected chi connectivity index (χ2v) is 9.43. The fraction of sp³-hybridized carbons (Fsp3) is 0.600. The van der Waals surface area contributed by atoms with Crippen LogP contribution in [0.5, 0.6) is 0 Å². The smallest absolute Gasteiger partial charge is 0.410 e. The van der Waals surface area contributed by atoms with Crippen LogP contribution in [0.2, 0.25) is 0 Å². The first-order chi connectivity index (χ1) is 13.3. The van der Waals surface area contributed by atoms with Crippen molar-refractivity contribution in [3.05, 3.63) is 35.9 Å². The van der Waals surface area contributed by atoms with Gasteiger partial charge >= 0.3 is 6.18 Å². The number of aromatic nitrogens is 2. The number of alkyl halides is 3. The second-order valence-electron chi connectivity index (χ2n) is 9.43. The number of hydrogen-bond acceptors (Lipinski definition) is 4. The van der Waals surface area contributed by atoms with E-state index in [-0.39, 0.29) is 23.2 Å². The summed E-state index contributed by atoms with van der Waals surface area (Å²) in [5, 5.41) is 9.83. The van der Waals surface area contributed by atoms with Crippen LogP contribution < -0.4 is 10.6 Å². The molecule has 2 unspecified atom stereocenters. The highest BCUT2D eigenvalue weighted by Crippen LogP contribution is 2.44. The lowest BCUT2D eigenvalue weighted by Gasteiger charge is -2.34. The highest BCUT2D eigenvalue weighted by molar-refractivity contribution is 5.99. The molecule has 2 aromatic rings. The van der Waals surface area contributed by atoms with E-state index in [0.717, 1.165) is 4.68 Å². The monoisotopic (exact) mass is 412 g/mol. The molecule has 2 aromatic heterocycles. The van der Waals surface area contributed by atoms with Crippen LogP contribution in [0.25, 0.3) is 0 Å². The van der Waals surface area contributed by atoms with E-state index in [1.54, 1.807) is 12.1 Å². The van der Waals surface area contributed by atoms with Crippen LogP contribution in [0.1, 0.15) is 75.7 Å². The van der Waals surface area contributed by atoms with Gasteiger partial charge in [-0.15, -0.1) is 0 Å². The number of halogens is 3. The van der Waals surface area contributed by atoms with Crippen molar-refractivity contribution in [1.82, 2.24) is 15.1 Å². The molecule has 1 aliphatic heterocycles. The number of carbonyl (C=O) groups excluding carboxylic acids is 1. The lowest BCUT2D eigenvalue weighted by Crippen LogP contribution is -2.46. The third-order valence-electron chi connectivity index (χ3n) is 4.79. The molecule has 0 saturated carbocycles. The topological polar surface area (TPSA) is 72.1 Å². The van der Waals surface area contributed by atoms with Gasteiger partial charge in [0.05, 0.1) is 18.5 Å². The van der Waals surface area contributed by atoms with Crippen LogP contribution in [0, 0.1) is 5.41 Å². The first-order valence-electron chi connectivity index (χ1n) is 9.53. The molecule has 3 rings (SSSR count). The number of anilines is 1. The Hall–Kier alpha value is -2.45. The average Bonchev–Trinajstić information content (AvgIpc) is 3.19. The van der Waals surface area contributed by atoms with E-state index in [2.05, 4.69) is 36.5 Å². The zero-order valence-electron chi connectivity index (χ0n) is 17.2. The summed E-state index contributed by atoms with van der Waals surface area (Å²) in [5.74, 6) is -0.0378. The predicted molar refractivity (Wildman–Crippen MR) is 103 cm³/mol. The van der Waals surface area contributed by atoms with Gasteiger partial charge in [-0.3, -0.25) is 4.79 Å². The minimum absolute atomic E-state index is 0.0285. The normalized spacial score (nSPS) is 20.1. The highest BCUT2D eigenvalue weighted by atomic mass is 19.4. The predicted octanol–water partition coefficient (Wildman–Crippen LogP) is 5.08. The summed E-state index contributed by atoms with van der Waals surface area (Å²) in [6.45, 7) is 9.97. The number of fused-ring (bicyclic) bond motifs is 1. The molecule has 29 heavy (non-hydrogen) atoms. The molecular weight excluding hydrogens is 385 g/mol. The Morgan fingerprint density at radius 2 is 2.00 bits per heavy atom. The summed E-state index contributed by atoms with van der Waals surface area (Å²) in [6, 6.07) is 0.672. The number of amides is 1. The number of nitrogens with one attached hydrogen (secondary N) is 2. The fourth-order valence-electron chi connectivity index (χ4n) is 4.15. The largest absolute Gasteiger partial charge is 0.467 e. The van der Waals surface area contributed by atoms with Crippen LogP contribution in [0.3, 0.4) is 0 Å². The molecule has 2 atom stereocenters.